The van der Waals surface area contributed by atoms with Crippen molar-refractivity contribution in [3.8, 4) is 0 Å². The summed E-state index contributed by atoms with van der Waals surface area (Å²) >= 11 is 3.18. The zero-order valence-electron chi connectivity index (χ0n) is 10.4. The Morgan fingerprint density at radius 1 is 1.41 bits per heavy atom. The summed E-state index contributed by atoms with van der Waals surface area (Å²) in [5.41, 5.74) is 0.671. The van der Waals surface area contributed by atoms with Gasteiger partial charge in [-0.15, -0.1) is 0 Å². The minimum atomic E-state index is -0.624. The van der Waals surface area contributed by atoms with Crippen molar-refractivity contribution in [3.05, 3.63) is 32.7 Å². The molecule has 0 bridgehead atoms. The van der Waals surface area contributed by atoms with Crippen molar-refractivity contribution >= 4 is 21.9 Å². The van der Waals surface area contributed by atoms with Gasteiger partial charge in [-0.05, 0) is 55.3 Å². The maximum Gasteiger partial charge on any atom is 0.329 e. The number of hydrogen-bond acceptors (Lipinski definition) is 3. The summed E-state index contributed by atoms with van der Waals surface area (Å²) in [6.45, 7) is 7.07. The predicted octanol–water partition coefficient (Wildman–Crippen LogP) is 2.43. The molecule has 1 aromatic rings. The lowest BCUT2D eigenvalue weighted by Crippen LogP contribution is -2.30. The van der Waals surface area contributed by atoms with E-state index < -0.39 is 12.0 Å². The van der Waals surface area contributed by atoms with E-state index in [0.29, 0.717) is 4.47 Å². The van der Waals surface area contributed by atoms with E-state index in [-0.39, 0.29) is 11.7 Å². The first kappa shape index (κ1) is 14.0. The molecule has 0 radical (unpaired) electrons. The largest absolute Gasteiger partial charge is 0.461 e. The fourth-order valence-corrected chi connectivity index (χ4v) is 2.00. The van der Waals surface area contributed by atoms with E-state index >= 15 is 0 Å². The van der Waals surface area contributed by atoms with Crippen molar-refractivity contribution in [1.82, 2.24) is 4.57 Å². The number of pyridine rings is 1. The third kappa shape index (κ3) is 3.43. The van der Waals surface area contributed by atoms with Crippen LogP contribution in [0.1, 0.15) is 32.4 Å². The lowest BCUT2D eigenvalue weighted by Gasteiger charge is -2.17. The van der Waals surface area contributed by atoms with Crippen LogP contribution in [0.3, 0.4) is 0 Å². The molecule has 0 aromatic carbocycles. The minimum Gasteiger partial charge on any atom is -0.461 e. The van der Waals surface area contributed by atoms with Gasteiger partial charge in [0.1, 0.15) is 6.04 Å². The van der Waals surface area contributed by atoms with Gasteiger partial charge in [-0.25, -0.2) is 4.79 Å². The highest BCUT2D eigenvalue weighted by molar-refractivity contribution is 9.10. The van der Waals surface area contributed by atoms with Crippen LogP contribution < -0.4 is 5.56 Å². The van der Waals surface area contributed by atoms with Crippen LogP contribution in [0.25, 0.3) is 0 Å². The van der Waals surface area contributed by atoms with Crippen molar-refractivity contribution in [2.24, 2.45) is 0 Å². The lowest BCUT2D eigenvalue weighted by molar-refractivity contribution is -0.151. The Morgan fingerprint density at radius 2 is 2.00 bits per heavy atom. The molecule has 4 nitrogen and oxygen atoms in total. The molecule has 1 aromatic heterocycles. The zero-order chi connectivity index (χ0) is 13.2. The molecule has 0 saturated carbocycles. The maximum atomic E-state index is 11.9. The number of halogens is 1. The number of carbonyl (C=O) groups excluding carboxylic acids is 1. The van der Waals surface area contributed by atoms with Gasteiger partial charge >= 0.3 is 5.97 Å². The molecule has 0 aliphatic rings. The molecule has 0 aliphatic carbocycles. The van der Waals surface area contributed by atoms with Gasteiger partial charge in [0.2, 0.25) is 0 Å². The van der Waals surface area contributed by atoms with Gasteiger partial charge in [-0.3, -0.25) is 4.79 Å². The Bertz CT molecular complexity index is 479. The number of carbonyl (C=O) groups is 1. The molecular formula is C12H16BrNO3. The molecule has 17 heavy (non-hydrogen) atoms. The van der Waals surface area contributed by atoms with Crippen LogP contribution in [0.15, 0.2) is 21.5 Å². The fourth-order valence-electron chi connectivity index (χ4n) is 1.43. The summed E-state index contributed by atoms with van der Waals surface area (Å²) in [5.74, 6) is -0.403. The second-order valence-electron chi connectivity index (χ2n) is 4.24. The Balaban J connectivity index is 3.08. The summed E-state index contributed by atoms with van der Waals surface area (Å²) < 4.78 is 6.91. The van der Waals surface area contributed by atoms with Gasteiger partial charge in [0.05, 0.1) is 10.6 Å². The SMILES string of the molecule is Cc1cc(Br)c(=O)n(C(C)C(=O)OC(C)C)c1. The number of ether oxygens (including phenoxy) is 1. The van der Waals surface area contributed by atoms with Crippen LogP contribution in [-0.2, 0) is 9.53 Å². The normalized spacial score (nSPS) is 12.6. The van der Waals surface area contributed by atoms with Crippen LogP contribution in [-0.4, -0.2) is 16.6 Å². The van der Waals surface area contributed by atoms with Gasteiger partial charge < -0.3 is 9.30 Å². The molecule has 0 fully saturated rings. The standard InChI is InChI=1S/C12H16BrNO3/c1-7(2)17-12(16)9(4)14-6-8(3)5-10(13)11(14)15/h5-7,9H,1-4H3. The van der Waals surface area contributed by atoms with E-state index in [4.69, 9.17) is 4.74 Å². The Kier molecular flexibility index (Phi) is 4.51. The fraction of sp³-hybridized carbons (Fsp3) is 0.500. The van der Waals surface area contributed by atoms with Crippen molar-refractivity contribution in [3.63, 3.8) is 0 Å². The van der Waals surface area contributed by atoms with E-state index in [0.717, 1.165) is 5.56 Å². The molecule has 5 heteroatoms. The summed E-state index contributed by atoms with van der Waals surface area (Å²) in [5, 5.41) is 0. The number of esters is 1. The highest BCUT2D eigenvalue weighted by atomic mass is 79.9. The van der Waals surface area contributed by atoms with Crippen LogP contribution in [0.4, 0.5) is 0 Å². The average Bonchev–Trinajstić information content (AvgIpc) is 2.21. The maximum absolute atomic E-state index is 11.9. The first-order valence-corrected chi connectivity index (χ1v) is 6.21. The highest BCUT2D eigenvalue weighted by Gasteiger charge is 2.19. The molecule has 1 unspecified atom stereocenters. The second kappa shape index (κ2) is 5.49. The highest BCUT2D eigenvalue weighted by Crippen LogP contribution is 2.12. The topological polar surface area (TPSA) is 48.3 Å². The smallest absolute Gasteiger partial charge is 0.329 e. The van der Waals surface area contributed by atoms with Crippen LogP contribution >= 0.6 is 15.9 Å². The molecule has 0 N–H and O–H groups in total. The molecule has 0 aliphatic heterocycles. The summed E-state index contributed by atoms with van der Waals surface area (Å²) in [6.07, 6.45) is 1.47. The zero-order valence-corrected chi connectivity index (χ0v) is 11.9. The molecular weight excluding hydrogens is 286 g/mol. The lowest BCUT2D eigenvalue weighted by atomic mass is 10.2. The summed E-state index contributed by atoms with van der Waals surface area (Å²) in [4.78, 5) is 23.6. The summed E-state index contributed by atoms with van der Waals surface area (Å²) in [6, 6.07) is 1.10. The molecule has 1 rings (SSSR count). The van der Waals surface area contributed by atoms with Gasteiger partial charge in [0, 0.05) is 6.20 Å². The van der Waals surface area contributed by atoms with Gasteiger partial charge in [-0.2, -0.15) is 0 Å². The molecule has 1 atom stereocenters. The number of aromatic nitrogens is 1. The molecule has 0 amide bonds. The first-order chi connectivity index (χ1) is 7.82. The van der Waals surface area contributed by atoms with E-state index in [1.807, 2.05) is 6.92 Å². The Morgan fingerprint density at radius 3 is 2.53 bits per heavy atom. The molecule has 1 heterocycles. The van der Waals surface area contributed by atoms with Crippen LogP contribution in [0.5, 0.6) is 0 Å². The third-order valence-electron chi connectivity index (χ3n) is 2.25. The van der Waals surface area contributed by atoms with Gasteiger partial charge in [-0.1, -0.05) is 0 Å². The van der Waals surface area contributed by atoms with E-state index in [2.05, 4.69) is 15.9 Å². The number of aryl methyl sites for hydroxylation is 1. The van der Waals surface area contributed by atoms with Gasteiger partial charge in [0.25, 0.3) is 5.56 Å². The summed E-state index contributed by atoms with van der Waals surface area (Å²) in [7, 11) is 0. The average molecular weight is 302 g/mol. The van der Waals surface area contributed by atoms with Crippen molar-refractivity contribution in [2.75, 3.05) is 0 Å². The molecule has 0 saturated heterocycles. The number of hydrogen-bond donors (Lipinski definition) is 0. The van der Waals surface area contributed by atoms with E-state index in [9.17, 15) is 9.59 Å². The number of nitrogens with zero attached hydrogens (tertiary/aromatic N) is 1. The third-order valence-corrected chi connectivity index (χ3v) is 2.81. The first-order valence-electron chi connectivity index (χ1n) is 5.41. The van der Waals surface area contributed by atoms with E-state index in [1.165, 1.54) is 4.57 Å². The molecule has 0 spiro atoms. The van der Waals surface area contributed by atoms with Crippen molar-refractivity contribution < 1.29 is 9.53 Å². The Hall–Kier alpha value is -1.10. The van der Waals surface area contributed by atoms with Crippen LogP contribution in [0, 0.1) is 6.92 Å². The van der Waals surface area contributed by atoms with Crippen molar-refractivity contribution in [1.29, 1.82) is 0 Å². The Labute approximate surface area is 109 Å². The quantitative estimate of drug-likeness (QED) is 0.806. The monoisotopic (exact) mass is 301 g/mol. The van der Waals surface area contributed by atoms with Crippen LogP contribution in [0.2, 0.25) is 0 Å². The predicted molar refractivity (Wildman–Crippen MR) is 69.1 cm³/mol. The molecule has 94 valence electrons. The second-order valence-corrected chi connectivity index (χ2v) is 5.09. The van der Waals surface area contributed by atoms with Crippen molar-refractivity contribution in [2.45, 2.75) is 39.8 Å². The van der Waals surface area contributed by atoms with Gasteiger partial charge in [0.15, 0.2) is 0 Å². The number of rotatable bonds is 3. The minimum absolute atomic E-state index is 0.186. The van der Waals surface area contributed by atoms with E-state index in [1.54, 1.807) is 33.0 Å².